The zero-order valence-corrected chi connectivity index (χ0v) is 23.5. The maximum atomic E-state index is 12.6. The smallest absolute Gasteiger partial charge is 0.343 e. The molecule has 208 valence electrons. The number of carbonyl (C=O) groups excluding carboxylic acids is 1. The molecule has 9 nitrogen and oxygen atoms in total. The number of hydrogen-bond donors (Lipinski definition) is 1. The van der Waals surface area contributed by atoms with Crippen LogP contribution < -0.4 is 4.90 Å². The summed E-state index contributed by atoms with van der Waals surface area (Å²) in [5.74, 6) is 2.35. The largest absolute Gasteiger partial charge is 0.462 e. The number of ether oxygens (including phenoxy) is 2. The van der Waals surface area contributed by atoms with E-state index < -0.39 is 5.97 Å². The molecule has 4 aromatic heterocycles. The highest BCUT2D eigenvalue weighted by Crippen LogP contribution is 2.43. The summed E-state index contributed by atoms with van der Waals surface area (Å²) < 4.78 is 12.0. The highest BCUT2D eigenvalue weighted by Gasteiger charge is 2.41. The van der Waals surface area contributed by atoms with E-state index in [1.807, 2.05) is 63.5 Å². The minimum absolute atomic E-state index is 0.282. The van der Waals surface area contributed by atoms with Gasteiger partial charge in [-0.1, -0.05) is 44.2 Å². The number of hydrogen-bond acceptors (Lipinski definition) is 7. The quantitative estimate of drug-likeness (QED) is 0.273. The highest BCUT2D eigenvalue weighted by atomic mass is 16.5. The lowest BCUT2D eigenvalue weighted by atomic mass is 10.1. The maximum absolute atomic E-state index is 12.6. The number of rotatable bonds is 6. The second-order valence-electron chi connectivity index (χ2n) is 9.75. The second-order valence-corrected chi connectivity index (χ2v) is 9.75. The average Bonchev–Trinajstić information content (AvgIpc) is 3.34. The number of carbonyl (C=O) groups is 1. The third-order valence-electron chi connectivity index (χ3n) is 7.06. The number of aromatic amines is 1. The molecule has 1 saturated heterocycles. The predicted molar refractivity (Wildman–Crippen MR) is 156 cm³/mol. The maximum Gasteiger partial charge on any atom is 0.343 e. The predicted octanol–water partition coefficient (Wildman–Crippen LogP) is 5.76. The lowest BCUT2D eigenvalue weighted by Crippen LogP contribution is -2.20. The van der Waals surface area contributed by atoms with Crippen molar-refractivity contribution in [3.05, 3.63) is 78.2 Å². The summed E-state index contributed by atoms with van der Waals surface area (Å²) in [6.07, 6.45) is 6.60. The van der Waals surface area contributed by atoms with Gasteiger partial charge in [-0.05, 0) is 42.9 Å². The number of H-pyrrole nitrogens is 1. The first-order chi connectivity index (χ1) is 19.6. The minimum atomic E-state index is -0.440. The third kappa shape index (κ3) is 5.70. The zero-order valence-electron chi connectivity index (χ0n) is 23.5. The van der Waals surface area contributed by atoms with Crippen LogP contribution in [-0.4, -0.2) is 57.4 Å². The van der Waals surface area contributed by atoms with E-state index in [2.05, 4.69) is 32.1 Å². The average molecular weight is 541 g/mol. The molecule has 0 amide bonds. The molecule has 1 aromatic carbocycles. The minimum Gasteiger partial charge on any atom is -0.462 e. The first-order valence-electron chi connectivity index (χ1n) is 13.9. The number of esters is 1. The Morgan fingerprint density at radius 2 is 1.93 bits per heavy atom. The number of benzene rings is 1. The molecule has 2 aliphatic rings. The summed E-state index contributed by atoms with van der Waals surface area (Å²) in [6.45, 7) is 8.85. The van der Waals surface area contributed by atoms with Crippen molar-refractivity contribution in [2.75, 3.05) is 31.8 Å². The van der Waals surface area contributed by atoms with E-state index in [-0.39, 0.29) is 6.61 Å². The Bertz CT molecular complexity index is 1570. The molecule has 1 aliphatic heterocycles. The Balaban J connectivity index is 0.000000347. The molecule has 0 bridgehead atoms. The van der Waals surface area contributed by atoms with E-state index in [0.29, 0.717) is 17.8 Å². The van der Waals surface area contributed by atoms with Crippen molar-refractivity contribution in [1.29, 1.82) is 0 Å². The molecular formula is C31H36N6O3. The summed E-state index contributed by atoms with van der Waals surface area (Å²) in [6, 6.07) is 16.1. The van der Waals surface area contributed by atoms with Crippen LogP contribution in [0.15, 0.2) is 67.1 Å². The van der Waals surface area contributed by atoms with E-state index in [0.717, 1.165) is 58.7 Å². The van der Waals surface area contributed by atoms with Crippen molar-refractivity contribution >= 4 is 28.5 Å². The van der Waals surface area contributed by atoms with Gasteiger partial charge >= 0.3 is 5.97 Å². The molecule has 0 spiro atoms. The molecule has 9 heteroatoms. The van der Waals surface area contributed by atoms with Crippen LogP contribution in [0.2, 0.25) is 0 Å². The van der Waals surface area contributed by atoms with Crippen LogP contribution in [0.4, 0.5) is 5.82 Å². The van der Waals surface area contributed by atoms with E-state index in [4.69, 9.17) is 14.5 Å². The Labute approximate surface area is 234 Å². The number of nitrogens with one attached hydrogen (secondary N) is 1. The summed E-state index contributed by atoms with van der Waals surface area (Å²) in [7, 11) is 1.99. The van der Waals surface area contributed by atoms with Gasteiger partial charge in [0.2, 0.25) is 0 Å². The molecule has 2 atom stereocenters. The molecule has 2 unspecified atom stereocenters. The van der Waals surface area contributed by atoms with Crippen LogP contribution in [-0.2, 0) is 16.0 Å². The van der Waals surface area contributed by atoms with Gasteiger partial charge in [-0.3, -0.25) is 0 Å². The Hall–Kier alpha value is -4.24. The van der Waals surface area contributed by atoms with Gasteiger partial charge in [0.15, 0.2) is 5.65 Å². The zero-order chi connectivity index (χ0) is 28.1. The van der Waals surface area contributed by atoms with Crippen LogP contribution in [0.3, 0.4) is 0 Å². The molecule has 2 fully saturated rings. The standard InChI is InChI=1S/C24H22N6O2.C5H8O.C2H6/c1-3-32-24(31)19-14-27-30-21(29(2)15-16-8-5-4-6-9-16)12-20(28-23(19)30)18-13-26-22-17(18)10-7-11-25-22;1-4-2-6-3-5(1)4;1-2/h4-14H,3,15H2,1-2H3,(H,25,26);4-5H,1-3H2;1-2H3. The van der Waals surface area contributed by atoms with Gasteiger partial charge in [-0.2, -0.15) is 9.61 Å². The Kier molecular flexibility index (Phi) is 8.40. The van der Waals surface area contributed by atoms with Crippen molar-refractivity contribution in [2.24, 2.45) is 11.8 Å². The summed E-state index contributed by atoms with van der Waals surface area (Å²) in [4.78, 5) is 27.0. The van der Waals surface area contributed by atoms with Crippen molar-refractivity contribution in [3.8, 4) is 11.3 Å². The van der Waals surface area contributed by atoms with Crippen LogP contribution in [0.5, 0.6) is 0 Å². The van der Waals surface area contributed by atoms with Crippen LogP contribution >= 0.6 is 0 Å². The van der Waals surface area contributed by atoms with Crippen LogP contribution in [0.25, 0.3) is 27.9 Å². The Morgan fingerprint density at radius 3 is 2.60 bits per heavy atom. The van der Waals surface area contributed by atoms with Crippen LogP contribution in [0.1, 0.15) is 43.1 Å². The summed E-state index contributed by atoms with van der Waals surface area (Å²) >= 11 is 0. The fraction of sp³-hybridized carbons (Fsp3) is 0.355. The number of anilines is 1. The van der Waals surface area contributed by atoms with Gasteiger partial charge in [0.25, 0.3) is 0 Å². The molecule has 5 heterocycles. The molecule has 5 aromatic rings. The summed E-state index contributed by atoms with van der Waals surface area (Å²) in [5, 5.41) is 5.42. The van der Waals surface area contributed by atoms with Gasteiger partial charge in [0.1, 0.15) is 17.0 Å². The first kappa shape index (κ1) is 27.3. The fourth-order valence-electron chi connectivity index (χ4n) is 4.91. The van der Waals surface area contributed by atoms with Gasteiger partial charge in [0, 0.05) is 56.2 Å². The Morgan fingerprint density at radius 1 is 1.15 bits per heavy atom. The number of nitrogens with zero attached hydrogens (tertiary/aromatic N) is 5. The molecule has 1 N–H and O–H groups in total. The van der Waals surface area contributed by atoms with Crippen molar-refractivity contribution < 1.29 is 14.3 Å². The van der Waals surface area contributed by atoms with E-state index in [9.17, 15) is 4.79 Å². The van der Waals surface area contributed by atoms with Gasteiger partial charge < -0.3 is 19.4 Å². The van der Waals surface area contributed by atoms with Crippen LogP contribution in [0, 0.1) is 11.8 Å². The molecule has 7 rings (SSSR count). The van der Waals surface area contributed by atoms with Crippen molar-refractivity contribution in [1.82, 2.24) is 24.6 Å². The van der Waals surface area contributed by atoms with Crippen molar-refractivity contribution in [2.45, 2.75) is 33.7 Å². The second kappa shape index (κ2) is 12.3. The monoisotopic (exact) mass is 540 g/mol. The number of fused-ring (bicyclic) bond motifs is 3. The third-order valence-corrected chi connectivity index (χ3v) is 7.06. The highest BCUT2D eigenvalue weighted by molar-refractivity contribution is 5.97. The first-order valence-corrected chi connectivity index (χ1v) is 13.9. The number of pyridine rings is 1. The molecule has 1 aliphatic carbocycles. The lowest BCUT2D eigenvalue weighted by molar-refractivity contribution is 0.0528. The SMILES string of the molecule is C1OCC2CC12.CC.CCOC(=O)c1cnn2c(N(C)Cc3ccccc3)cc(-c3c[nH]c4ncccc34)nc12. The van der Waals surface area contributed by atoms with Gasteiger partial charge in [0.05, 0.1) is 18.5 Å². The summed E-state index contributed by atoms with van der Waals surface area (Å²) in [5.41, 5.74) is 4.35. The normalized spacial score (nSPS) is 16.9. The van der Waals surface area contributed by atoms with E-state index >= 15 is 0 Å². The van der Waals surface area contributed by atoms with E-state index in [1.54, 1.807) is 17.6 Å². The lowest BCUT2D eigenvalue weighted by Gasteiger charge is -2.21. The molecule has 0 radical (unpaired) electrons. The van der Waals surface area contributed by atoms with Gasteiger partial charge in [-0.15, -0.1) is 0 Å². The molecule has 1 saturated carbocycles. The molecule has 40 heavy (non-hydrogen) atoms. The van der Waals surface area contributed by atoms with E-state index in [1.165, 1.54) is 12.6 Å². The van der Waals surface area contributed by atoms with Gasteiger partial charge in [-0.25, -0.2) is 14.8 Å². The fourth-order valence-corrected chi connectivity index (χ4v) is 4.91. The molecular weight excluding hydrogens is 504 g/mol. The van der Waals surface area contributed by atoms with Crippen molar-refractivity contribution in [3.63, 3.8) is 0 Å². The topological polar surface area (TPSA) is 97.6 Å². The number of aromatic nitrogens is 5.